The Kier molecular flexibility index (Phi) is 5.56. The third kappa shape index (κ3) is 3.71. The van der Waals surface area contributed by atoms with Crippen molar-refractivity contribution in [3.05, 3.63) is 59.4 Å². The van der Waals surface area contributed by atoms with Gasteiger partial charge in [0.15, 0.2) is 11.5 Å². The van der Waals surface area contributed by atoms with Crippen molar-refractivity contribution in [2.75, 3.05) is 27.3 Å². The number of nitrogens with zero attached hydrogens (tertiary/aromatic N) is 2. The van der Waals surface area contributed by atoms with Crippen LogP contribution in [0.1, 0.15) is 42.6 Å². The first kappa shape index (κ1) is 22.2. The summed E-state index contributed by atoms with van der Waals surface area (Å²) in [5.74, 6) is 3.10. The van der Waals surface area contributed by atoms with E-state index in [1.165, 1.54) is 17.5 Å². The number of phenols is 1. The number of fused-ring (bicyclic) bond motifs is 6. The summed E-state index contributed by atoms with van der Waals surface area (Å²) in [7, 11) is 3.43. The summed E-state index contributed by atoms with van der Waals surface area (Å²) in [5, 5.41) is 12.2. The lowest BCUT2D eigenvalue weighted by molar-refractivity contribution is 0.0517. The van der Waals surface area contributed by atoms with Gasteiger partial charge in [0.25, 0.3) is 0 Å². The average molecular weight is 472 g/mol. The minimum absolute atomic E-state index is 0.290. The molecule has 1 saturated heterocycles. The third-order valence-corrected chi connectivity index (χ3v) is 8.34. The normalized spacial score (nSPS) is 22.2. The molecule has 4 aromatic rings. The molecule has 6 nitrogen and oxygen atoms in total. The van der Waals surface area contributed by atoms with Crippen LogP contribution in [0.5, 0.6) is 17.2 Å². The minimum Gasteiger partial charge on any atom is -0.508 e. The van der Waals surface area contributed by atoms with E-state index in [0.717, 1.165) is 71.4 Å². The zero-order valence-electron chi connectivity index (χ0n) is 20.7. The number of ether oxygens (including phenoxy) is 2. The van der Waals surface area contributed by atoms with Gasteiger partial charge in [0.05, 0.1) is 25.4 Å². The van der Waals surface area contributed by atoms with Crippen molar-refractivity contribution >= 4 is 21.8 Å². The van der Waals surface area contributed by atoms with Crippen molar-refractivity contribution in [2.45, 2.75) is 38.6 Å². The van der Waals surface area contributed by atoms with Crippen LogP contribution in [0.2, 0.25) is 0 Å². The van der Waals surface area contributed by atoms with E-state index in [0.29, 0.717) is 23.6 Å². The molecule has 2 aromatic heterocycles. The van der Waals surface area contributed by atoms with Gasteiger partial charge in [-0.25, -0.2) is 0 Å². The lowest BCUT2D eigenvalue weighted by Crippen LogP contribution is -2.46. The van der Waals surface area contributed by atoms with E-state index >= 15 is 0 Å². The quantitative estimate of drug-likeness (QED) is 0.395. The molecule has 2 aliphatic heterocycles. The van der Waals surface area contributed by atoms with Crippen molar-refractivity contribution in [1.82, 2.24) is 14.9 Å². The van der Waals surface area contributed by atoms with Crippen LogP contribution >= 0.6 is 0 Å². The zero-order valence-corrected chi connectivity index (χ0v) is 20.7. The van der Waals surface area contributed by atoms with Crippen molar-refractivity contribution in [2.24, 2.45) is 11.8 Å². The summed E-state index contributed by atoms with van der Waals surface area (Å²) >= 11 is 0. The summed E-state index contributed by atoms with van der Waals surface area (Å²) in [4.78, 5) is 11.1. The number of nitrogens with one attached hydrogen (secondary N) is 1. The molecular formula is C29H33N3O3. The number of hydrogen-bond acceptors (Lipinski definition) is 5. The Labute approximate surface area is 205 Å². The maximum atomic E-state index is 10.0. The van der Waals surface area contributed by atoms with Gasteiger partial charge in [-0.1, -0.05) is 13.3 Å². The van der Waals surface area contributed by atoms with Gasteiger partial charge < -0.3 is 19.6 Å². The third-order valence-electron chi connectivity index (χ3n) is 8.34. The Balaban J connectivity index is 1.36. The van der Waals surface area contributed by atoms with Gasteiger partial charge in [0.2, 0.25) is 0 Å². The molecule has 0 radical (unpaired) electrons. The van der Waals surface area contributed by atoms with E-state index in [2.05, 4.69) is 28.9 Å². The topological polar surface area (TPSA) is 70.6 Å². The molecule has 2 aliphatic rings. The number of aromatic hydroxyl groups is 1. The number of aromatic nitrogens is 2. The molecule has 35 heavy (non-hydrogen) atoms. The second-order valence-corrected chi connectivity index (χ2v) is 10.1. The van der Waals surface area contributed by atoms with Gasteiger partial charge in [-0.3, -0.25) is 9.88 Å². The lowest BCUT2D eigenvalue weighted by Gasteiger charge is -2.47. The fourth-order valence-electron chi connectivity index (χ4n) is 6.49. The largest absolute Gasteiger partial charge is 0.508 e. The van der Waals surface area contributed by atoms with E-state index in [1.807, 2.05) is 24.4 Å². The monoisotopic (exact) mass is 471 g/mol. The van der Waals surface area contributed by atoms with Crippen LogP contribution < -0.4 is 9.47 Å². The number of pyridine rings is 1. The molecule has 0 bridgehead atoms. The number of phenolic OH excluding ortho intramolecular Hbond substituents is 1. The fraction of sp³-hybridized carbons (Fsp3) is 0.414. The summed E-state index contributed by atoms with van der Waals surface area (Å²) in [5.41, 5.74) is 6.03. The van der Waals surface area contributed by atoms with Crippen LogP contribution in [-0.2, 0) is 12.8 Å². The highest BCUT2D eigenvalue weighted by Crippen LogP contribution is 2.46. The molecule has 2 aromatic carbocycles. The summed E-state index contributed by atoms with van der Waals surface area (Å²) in [6.07, 6.45) is 6.19. The molecule has 0 spiro atoms. The van der Waals surface area contributed by atoms with Crippen molar-refractivity contribution in [3.63, 3.8) is 0 Å². The van der Waals surface area contributed by atoms with Gasteiger partial charge in [-0.2, -0.15) is 0 Å². The average Bonchev–Trinajstić information content (AvgIpc) is 3.26. The Bertz CT molecular complexity index is 1400. The smallest absolute Gasteiger partial charge is 0.161 e. The van der Waals surface area contributed by atoms with E-state index in [1.54, 1.807) is 20.3 Å². The van der Waals surface area contributed by atoms with Gasteiger partial charge in [-0.05, 0) is 78.6 Å². The van der Waals surface area contributed by atoms with E-state index in [-0.39, 0.29) is 0 Å². The summed E-state index contributed by atoms with van der Waals surface area (Å²) in [6, 6.07) is 12.3. The van der Waals surface area contributed by atoms with Crippen LogP contribution in [0.3, 0.4) is 0 Å². The van der Waals surface area contributed by atoms with Gasteiger partial charge in [-0.15, -0.1) is 0 Å². The molecule has 1 fully saturated rings. The standard InChI is InChI=1S/C29H33N3O3/c1-4-17-16-32-10-8-18-13-27(34-2)28(35-3)15-22(18)26(32)12-19(17)11-25-29-21(7-9-30-25)23-14-20(33)5-6-24(23)31-29/h5-7,9,13-15,17,19,26,31,33H,4,8,10-12,16H2,1-3H3/t17-,19-,26-/m0/s1. The maximum absolute atomic E-state index is 10.0. The van der Waals surface area contributed by atoms with Crippen LogP contribution in [0.25, 0.3) is 21.8 Å². The molecule has 182 valence electrons. The first-order chi connectivity index (χ1) is 17.1. The molecule has 4 heterocycles. The maximum Gasteiger partial charge on any atom is 0.161 e. The number of benzene rings is 2. The van der Waals surface area contributed by atoms with E-state index in [4.69, 9.17) is 14.5 Å². The molecule has 0 aliphatic carbocycles. The molecule has 6 rings (SSSR count). The molecule has 0 amide bonds. The highest BCUT2D eigenvalue weighted by atomic mass is 16.5. The number of hydrogen-bond donors (Lipinski definition) is 2. The minimum atomic E-state index is 0.290. The second-order valence-electron chi connectivity index (χ2n) is 10.1. The van der Waals surface area contributed by atoms with Crippen LogP contribution in [-0.4, -0.2) is 47.3 Å². The molecule has 6 heteroatoms. The molecular weight excluding hydrogens is 438 g/mol. The molecule has 2 N–H and O–H groups in total. The van der Waals surface area contributed by atoms with Crippen LogP contribution in [0.15, 0.2) is 42.6 Å². The highest BCUT2D eigenvalue weighted by Gasteiger charge is 2.39. The van der Waals surface area contributed by atoms with Crippen molar-refractivity contribution < 1.29 is 14.6 Å². The SMILES string of the molecule is CC[C@H]1CN2CCc3cc(OC)c(OC)cc3[C@@H]2C[C@@H]1Cc1nccc2c1[nH]c1ccc(O)cc12. The first-order valence-corrected chi connectivity index (χ1v) is 12.7. The van der Waals surface area contributed by atoms with Crippen LogP contribution in [0.4, 0.5) is 0 Å². The molecule has 0 saturated carbocycles. The number of methoxy groups -OCH3 is 2. The first-order valence-electron chi connectivity index (χ1n) is 12.7. The number of piperidine rings is 1. The van der Waals surface area contributed by atoms with Gasteiger partial charge in [0, 0.05) is 41.6 Å². The Hall–Kier alpha value is -3.25. The Morgan fingerprint density at radius 2 is 1.89 bits per heavy atom. The predicted molar refractivity (Wildman–Crippen MR) is 138 cm³/mol. The highest BCUT2D eigenvalue weighted by molar-refractivity contribution is 6.08. The number of H-pyrrole nitrogens is 1. The predicted octanol–water partition coefficient (Wildman–Crippen LogP) is 5.63. The lowest BCUT2D eigenvalue weighted by atomic mass is 9.74. The Morgan fingerprint density at radius 1 is 1.06 bits per heavy atom. The molecule has 3 atom stereocenters. The number of aromatic amines is 1. The molecule has 0 unspecified atom stereocenters. The van der Waals surface area contributed by atoms with E-state index in [9.17, 15) is 5.11 Å². The van der Waals surface area contributed by atoms with Gasteiger partial charge in [0.1, 0.15) is 5.75 Å². The summed E-state index contributed by atoms with van der Waals surface area (Å²) in [6.45, 7) is 4.54. The second kappa shape index (κ2) is 8.76. The summed E-state index contributed by atoms with van der Waals surface area (Å²) < 4.78 is 11.2. The van der Waals surface area contributed by atoms with Crippen LogP contribution in [0, 0.1) is 11.8 Å². The van der Waals surface area contributed by atoms with Crippen molar-refractivity contribution in [3.8, 4) is 17.2 Å². The van der Waals surface area contributed by atoms with E-state index < -0.39 is 0 Å². The number of rotatable bonds is 5. The van der Waals surface area contributed by atoms with Crippen molar-refractivity contribution in [1.29, 1.82) is 0 Å². The zero-order chi connectivity index (χ0) is 24.1. The van der Waals surface area contributed by atoms with Gasteiger partial charge >= 0.3 is 0 Å². The Morgan fingerprint density at radius 3 is 2.69 bits per heavy atom. The fourth-order valence-corrected chi connectivity index (χ4v) is 6.49.